The molecular formula is C17H23BrN2O3. The molecule has 0 saturated carbocycles. The molecule has 126 valence electrons. The number of methoxy groups -OCH3 is 1. The van der Waals surface area contributed by atoms with Gasteiger partial charge in [-0.15, -0.1) is 0 Å². The molecule has 1 aromatic carbocycles. The van der Waals surface area contributed by atoms with Gasteiger partial charge in [-0.25, -0.2) is 0 Å². The number of hydrogen-bond donors (Lipinski definition) is 0. The fourth-order valence-electron chi connectivity index (χ4n) is 2.96. The van der Waals surface area contributed by atoms with Crippen LogP contribution >= 0.6 is 15.9 Å². The number of ether oxygens (including phenoxy) is 1. The van der Waals surface area contributed by atoms with Crippen molar-refractivity contribution in [3.05, 3.63) is 28.2 Å². The maximum absolute atomic E-state index is 12.6. The molecule has 0 spiro atoms. The summed E-state index contributed by atoms with van der Waals surface area (Å²) in [6, 6.07) is 5.78. The number of amides is 2. The van der Waals surface area contributed by atoms with E-state index in [4.69, 9.17) is 4.74 Å². The van der Waals surface area contributed by atoms with E-state index in [9.17, 15) is 9.59 Å². The van der Waals surface area contributed by atoms with Crippen LogP contribution in [0, 0.1) is 5.92 Å². The molecule has 1 heterocycles. The second kappa shape index (κ2) is 7.81. The molecule has 2 amide bonds. The highest BCUT2D eigenvalue weighted by molar-refractivity contribution is 9.10. The van der Waals surface area contributed by atoms with Crippen LogP contribution in [0.2, 0.25) is 0 Å². The highest BCUT2D eigenvalue weighted by Gasteiger charge is 2.28. The Kier molecular flexibility index (Phi) is 6.04. The van der Waals surface area contributed by atoms with E-state index < -0.39 is 0 Å². The third-order valence-electron chi connectivity index (χ3n) is 4.32. The van der Waals surface area contributed by atoms with E-state index in [0.717, 1.165) is 28.6 Å². The molecule has 0 atom stereocenters. The van der Waals surface area contributed by atoms with E-state index in [1.807, 2.05) is 25.2 Å². The Balaban J connectivity index is 1.98. The lowest BCUT2D eigenvalue weighted by molar-refractivity contribution is -0.139. The number of carbonyl (C=O) groups excluding carboxylic acids is 2. The lowest BCUT2D eigenvalue weighted by atomic mass is 9.95. The van der Waals surface area contributed by atoms with E-state index >= 15 is 0 Å². The van der Waals surface area contributed by atoms with Crippen LogP contribution < -0.4 is 4.74 Å². The summed E-state index contributed by atoms with van der Waals surface area (Å²) in [5.74, 6) is 0.992. The molecule has 1 aromatic rings. The van der Waals surface area contributed by atoms with Crippen LogP contribution in [0.25, 0.3) is 0 Å². The maximum atomic E-state index is 12.6. The molecule has 0 aromatic heterocycles. The largest absolute Gasteiger partial charge is 0.496 e. The Morgan fingerprint density at radius 2 is 2.00 bits per heavy atom. The standard InChI is InChI=1S/C17H23BrN2O3/c1-12(21)20-8-6-13(7-9-20)17(22)19(2)11-14-10-15(18)4-5-16(14)23-3/h4-5,10,13H,6-9,11H2,1-3H3. The lowest BCUT2D eigenvalue weighted by Gasteiger charge is -2.32. The summed E-state index contributed by atoms with van der Waals surface area (Å²) < 4.78 is 6.33. The maximum Gasteiger partial charge on any atom is 0.225 e. The minimum Gasteiger partial charge on any atom is -0.496 e. The van der Waals surface area contributed by atoms with Gasteiger partial charge < -0.3 is 14.5 Å². The Bertz CT molecular complexity index is 583. The number of halogens is 1. The minimum absolute atomic E-state index is 0.00579. The fourth-order valence-corrected chi connectivity index (χ4v) is 3.37. The zero-order valence-corrected chi connectivity index (χ0v) is 15.4. The first kappa shape index (κ1) is 17.8. The monoisotopic (exact) mass is 382 g/mol. The topological polar surface area (TPSA) is 49.9 Å². The Labute approximate surface area is 145 Å². The van der Waals surface area contributed by atoms with E-state index in [0.29, 0.717) is 19.6 Å². The van der Waals surface area contributed by atoms with Crippen molar-refractivity contribution in [2.75, 3.05) is 27.2 Å². The molecule has 1 aliphatic rings. The predicted molar refractivity (Wildman–Crippen MR) is 92.1 cm³/mol. The molecule has 0 unspecified atom stereocenters. The van der Waals surface area contributed by atoms with Crippen molar-refractivity contribution in [2.24, 2.45) is 5.92 Å². The van der Waals surface area contributed by atoms with Crippen molar-refractivity contribution < 1.29 is 14.3 Å². The van der Waals surface area contributed by atoms with E-state index in [2.05, 4.69) is 15.9 Å². The number of nitrogens with zero attached hydrogens (tertiary/aromatic N) is 2. The molecule has 1 saturated heterocycles. The summed E-state index contributed by atoms with van der Waals surface area (Å²) in [6.45, 7) is 3.42. The average Bonchev–Trinajstić information content (AvgIpc) is 2.54. The quantitative estimate of drug-likeness (QED) is 0.804. The predicted octanol–water partition coefficient (Wildman–Crippen LogP) is 2.67. The molecule has 0 N–H and O–H groups in total. The first-order chi connectivity index (χ1) is 10.9. The van der Waals surface area contributed by atoms with E-state index in [-0.39, 0.29) is 17.7 Å². The average molecular weight is 383 g/mol. The van der Waals surface area contributed by atoms with Gasteiger partial charge in [-0.05, 0) is 31.0 Å². The number of rotatable bonds is 4. The summed E-state index contributed by atoms with van der Waals surface area (Å²) in [5.41, 5.74) is 0.971. The van der Waals surface area contributed by atoms with Gasteiger partial charge in [-0.3, -0.25) is 9.59 Å². The van der Waals surface area contributed by atoms with Crippen LogP contribution in [0.4, 0.5) is 0 Å². The lowest BCUT2D eigenvalue weighted by Crippen LogP contribution is -2.42. The molecule has 5 nitrogen and oxygen atoms in total. The number of carbonyl (C=O) groups is 2. The first-order valence-corrected chi connectivity index (χ1v) is 8.54. The third-order valence-corrected chi connectivity index (χ3v) is 4.81. The van der Waals surface area contributed by atoms with Gasteiger partial charge in [0.1, 0.15) is 5.75 Å². The molecule has 6 heteroatoms. The SMILES string of the molecule is COc1ccc(Br)cc1CN(C)C(=O)C1CCN(C(C)=O)CC1. The van der Waals surface area contributed by atoms with Gasteiger partial charge in [0.15, 0.2) is 0 Å². The number of benzene rings is 1. The summed E-state index contributed by atoms with van der Waals surface area (Å²) in [4.78, 5) is 27.6. The zero-order valence-electron chi connectivity index (χ0n) is 13.8. The van der Waals surface area contributed by atoms with Crippen LogP contribution in [-0.2, 0) is 16.1 Å². The third kappa shape index (κ3) is 4.47. The van der Waals surface area contributed by atoms with Gasteiger partial charge in [0.25, 0.3) is 0 Å². The molecular weight excluding hydrogens is 360 g/mol. The summed E-state index contributed by atoms with van der Waals surface area (Å²) in [5, 5.41) is 0. The van der Waals surface area contributed by atoms with Gasteiger partial charge in [0.2, 0.25) is 11.8 Å². The molecule has 2 rings (SSSR count). The normalized spacial score (nSPS) is 15.4. The van der Waals surface area contributed by atoms with Crippen LogP contribution in [0.1, 0.15) is 25.3 Å². The van der Waals surface area contributed by atoms with Crippen molar-refractivity contribution in [1.29, 1.82) is 0 Å². The molecule has 0 radical (unpaired) electrons. The summed E-state index contributed by atoms with van der Waals surface area (Å²) >= 11 is 3.45. The number of likely N-dealkylation sites (tertiary alicyclic amines) is 1. The molecule has 0 aliphatic carbocycles. The Hall–Kier alpha value is -1.56. The first-order valence-electron chi connectivity index (χ1n) is 7.75. The second-order valence-corrected chi connectivity index (χ2v) is 6.85. The van der Waals surface area contributed by atoms with E-state index in [1.165, 1.54) is 0 Å². The highest BCUT2D eigenvalue weighted by Crippen LogP contribution is 2.26. The summed E-state index contributed by atoms with van der Waals surface area (Å²) in [6.07, 6.45) is 1.47. The molecule has 1 fully saturated rings. The Morgan fingerprint density at radius 3 is 2.57 bits per heavy atom. The fraction of sp³-hybridized carbons (Fsp3) is 0.529. The highest BCUT2D eigenvalue weighted by atomic mass is 79.9. The second-order valence-electron chi connectivity index (χ2n) is 5.93. The van der Waals surface area contributed by atoms with Gasteiger partial charge in [-0.1, -0.05) is 15.9 Å². The van der Waals surface area contributed by atoms with Crippen molar-refractivity contribution in [3.8, 4) is 5.75 Å². The van der Waals surface area contributed by atoms with Gasteiger partial charge in [0, 0.05) is 49.6 Å². The van der Waals surface area contributed by atoms with Crippen LogP contribution in [0.15, 0.2) is 22.7 Å². The van der Waals surface area contributed by atoms with Gasteiger partial charge >= 0.3 is 0 Å². The van der Waals surface area contributed by atoms with Gasteiger partial charge in [0.05, 0.1) is 7.11 Å². The zero-order chi connectivity index (χ0) is 17.0. The minimum atomic E-state index is -0.00579. The van der Waals surface area contributed by atoms with Crippen molar-refractivity contribution in [1.82, 2.24) is 9.80 Å². The van der Waals surface area contributed by atoms with Gasteiger partial charge in [-0.2, -0.15) is 0 Å². The van der Waals surface area contributed by atoms with Crippen molar-refractivity contribution >= 4 is 27.7 Å². The van der Waals surface area contributed by atoms with Crippen LogP contribution in [-0.4, -0.2) is 48.9 Å². The van der Waals surface area contributed by atoms with Crippen molar-refractivity contribution in [3.63, 3.8) is 0 Å². The summed E-state index contributed by atoms with van der Waals surface area (Å²) in [7, 11) is 3.45. The van der Waals surface area contributed by atoms with Crippen molar-refractivity contribution in [2.45, 2.75) is 26.3 Å². The number of piperidine rings is 1. The van der Waals surface area contributed by atoms with Crippen LogP contribution in [0.3, 0.4) is 0 Å². The molecule has 0 bridgehead atoms. The number of hydrogen-bond acceptors (Lipinski definition) is 3. The Morgan fingerprint density at radius 1 is 1.35 bits per heavy atom. The molecule has 23 heavy (non-hydrogen) atoms. The smallest absolute Gasteiger partial charge is 0.225 e. The molecule has 1 aliphatic heterocycles. The van der Waals surface area contributed by atoms with Crippen LogP contribution in [0.5, 0.6) is 5.75 Å². The van der Waals surface area contributed by atoms with E-state index in [1.54, 1.807) is 23.8 Å².